The number of fused-ring (bicyclic) bond motifs is 1. The predicted molar refractivity (Wildman–Crippen MR) is 138 cm³/mol. The fraction of sp³-hybridized carbons (Fsp3) is 0.500. The van der Waals surface area contributed by atoms with Crippen molar-refractivity contribution < 1.29 is 9.53 Å². The molecule has 3 aliphatic rings. The molecule has 1 aromatic heterocycles. The number of carbonyl (C=O) groups is 1. The quantitative estimate of drug-likeness (QED) is 0.689. The van der Waals surface area contributed by atoms with Gasteiger partial charge in [-0.1, -0.05) is 58.9 Å². The molecule has 1 fully saturated rings. The van der Waals surface area contributed by atoms with E-state index >= 15 is 0 Å². The monoisotopic (exact) mass is 462 g/mol. The van der Waals surface area contributed by atoms with Crippen molar-refractivity contribution in [2.45, 2.75) is 60.0 Å². The summed E-state index contributed by atoms with van der Waals surface area (Å²) in [6, 6.07) is 11.3. The molecule has 0 atom stereocenters. The fourth-order valence-corrected chi connectivity index (χ4v) is 4.53. The van der Waals surface area contributed by atoms with Gasteiger partial charge >= 0.3 is 0 Å². The van der Waals surface area contributed by atoms with Gasteiger partial charge in [-0.3, -0.25) is 9.78 Å². The highest BCUT2D eigenvalue weighted by Gasteiger charge is 2.31. The molecule has 3 aliphatic heterocycles. The molecule has 5 rings (SSSR count). The average Bonchev–Trinajstić information content (AvgIpc) is 3.21. The number of hydrazine groups is 1. The molecule has 2 aromatic rings. The number of nitrogens with one attached hydrogen (secondary N) is 1. The van der Waals surface area contributed by atoms with Crippen LogP contribution in [0.25, 0.3) is 16.8 Å². The van der Waals surface area contributed by atoms with E-state index in [0.717, 1.165) is 49.5 Å². The Morgan fingerprint density at radius 1 is 1.15 bits per heavy atom. The second kappa shape index (κ2) is 10.3. The first-order chi connectivity index (χ1) is 16.4. The molecule has 6 heteroatoms. The molecule has 4 heterocycles. The SMILES string of the molecule is CC.CC(C)(C)CC(=O)N1CC=C(c2ccc(-c3ccc4c(c3)N(C3COC3)NC4)nc2)CC1. The number of hydrogen-bond donors (Lipinski definition) is 1. The highest BCUT2D eigenvalue weighted by atomic mass is 16.5. The van der Waals surface area contributed by atoms with Gasteiger partial charge in [0.05, 0.1) is 30.6 Å². The van der Waals surface area contributed by atoms with E-state index < -0.39 is 0 Å². The summed E-state index contributed by atoms with van der Waals surface area (Å²) in [5.74, 6) is 0.245. The van der Waals surface area contributed by atoms with Crippen molar-refractivity contribution in [1.82, 2.24) is 15.3 Å². The number of rotatable bonds is 4. The van der Waals surface area contributed by atoms with Crippen molar-refractivity contribution in [1.29, 1.82) is 0 Å². The lowest BCUT2D eigenvalue weighted by atomic mass is 9.91. The maximum Gasteiger partial charge on any atom is 0.223 e. The first-order valence-electron chi connectivity index (χ1n) is 12.5. The predicted octanol–water partition coefficient (Wildman–Crippen LogP) is 5.05. The van der Waals surface area contributed by atoms with E-state index in [4.69, 9.17) is 9.72 Å². The third kappa shape index (κ3) is 5.34. The lowest BCUT2D eigenvalue weighted by Gasteiger charge is -2.36. The van der Waals surface area contributed by atoms with Gasteiger partial charge in [-0.15, -0.1) is 0 Å². The number of benzene rings is 1. The summed E-state index contributed by atoms with van der Waals surface area (Å²) in [4.78, 5) is 19.2. The number of nitrogens with zero attached hydrogens (tertiary/aromatic N) is 3. The van der Waals surface area contributed by atoms with E-state index in [2.05, 4.69) is 67.6 Å². The van der Waals surface area contributed by atoms with Gasteiger partial charge in [0.1, 0.15) is 0 Å². The van der Waals surface area contributed by atoms with Crippen molar-refractivity contribution in [3.63, 3.8) is 0 Å². The van der Waals surface area contributed by atoms with E-state index in [0.29, 0.717) is 19.0 Å². The van der Waals surface area contributed by atoms with Gasteiger partial charge in [-0.25, -0.2) is 5.43 Å². The molecule has 1 amide bonds. The van der Waals surface area contributed by atoms with Crippen molar-refractivity contribution in [2.75, 3.05) is 31.3 Å². The Kier molecular flexibility index (Phi) is 7.39. The largest absolute Gasteiger partial charge is 0.377 e. The second-order valence-electron chi connectivity index (χ2n) is 10.2. The molecule has 1 aromatic carbocycles. The zero-order valence-electron chi connectivity index (χ0n) is 21.2. The third-order valence-electron chi connectivity index (χ3n) is 6.44. The summed E-state index contributed by atoms with van der Waals surface area (Å²) >= 11 is 0. The summed E-state index contributed by atoms with van der Waals surface area (Å²) in [5.41, 5.74) is 10.6. The molecule has 34 heavy (non-hydrogen) atoms. The summed E-state index contributed by atoms with van der Waals surface area (Å²) in [6.45, 7) is 14.2. The highest BCUT2D eigenvalue weighted by Crippen LogP contribution is 2.33. The number of ether oxygens (including phenoxy) is 1. The average molecular weight is 463 g/mol. The zero-order valence-corrected chi connectivity index (χ0v) is 21.2. The van der Waals surface area contributed by atoms with Crippen LogP contribution in [-0.4, -0.2) is 48.1 Å². The van der Waals surface area contributed by atoms with Gasteiger partial charge in [0, 0.05) is 37.8 Å². The highest BCUT2D eigenvalue weighted by molar-refractivity contribution is 5.79. The van der Waals surface area contributed by atoms with Crippen LogP contribution in [-0.2, 0) is 16.1 Å². The Balaban J connectivity index is 0.00000133. The molecule has 182 valence electrons. The van der Waals surface area contributed by atoms with Crippen LogP contribution < -0.4 is 10.4 Å². The Bertz CT molecular complexity index is 1040. The lowest BCUT2D eigenvalue weighted by molar-refractivity contribution is -0.132. The van der Waals surface area contributed by atoms with E-state index in [1.54, 1.807) is 0 Å². The number of carbonyl (C=O) groups excluding carboxylic acids is 1. The molecular formula is C28H38N4O2. The third-order valence-corrected chi connectivity index (χ3v) is 6.44. The van der Waals surface area contributed by atoms with Gasteiger partial charge in [0.25, 0.3) is 0 Å². The van der Waals surface area contributed by atoms with Gasteiger partial charge < -0.3 is 14.6 Å². The number of amides is 1. The first kappa shape index (κ1) is 24.4. The molecule has 0 saturated carbocycles. The summed E-state index contributed by atoms with van der Waals surface area (Å²) in [7, 11) is 0. The summed E-state index contributed by atoms with van der Waals surface area (Å²) in [6.07, 6.45) is 5.62. The van der Waals surface area contributed by atoms with E-state index in [-0.39, 0.29) is 11.3 Å². The minimum absolute atomic E-state index is 0.0249. The van der Waals surface area contributed by atoms with Crippen molar-refractivity contribution in [2.24, 2.45) is 5.41 Å². The molecule has 1 N–H and O–H groups in total. The van der Waals surface area contributed by atoms with Crippen LogP contribution in [0.2, 0.25) is 0 Å². The van der Waals surface area contributed by atoms with Gasteiger partial charge in [-0.05, 0) is 40.7 Å². The van der Waals surface area contributed by atoms with Crippen LogP contribution in [0.15, 0.2) is 42.6 Å². The van der Waals surface area contributed by atoms with E-state index in [9.17, 15) is 4.79 Å². The molecule has 0 unspecified atom stereocenters. The van der Waals surface area contributed by atoms with E-state index in [1.807, 2.05) is 24.9 Å². The van der Waals surface area contributed by atoms with Crippen molar-refractivity contribution in [3.8, 4) is 11.3 Å². The molecule has 0 spiro atoms. The molecular weight excluding hydrogens is 424 g/mol. The van der Waals surface area contributed by atoms with Gasteiger partial charge in [-0.2, -0.15) is 0 Å². The van der Waals surface area contributed by atoms with Crippen LogP contribution in [0.3, 0.4) is 0 Å². The topological polar surface area (TPSA) is 57.7 Å². The number of hydrogen-bond acceptors (Lipinski definition) is 5. The Morgan fingerprint density at radius 2 is 1.91 bits per heavy atom. The maximum atomic E-state index is 12.5. The lowest BCUT2D eigenvalue weighted by Crippen LogP contribution is -2.53. The van der Waals surface area contributed by atoms with Gasteiger partial charge in [0.15, 0.2) is 0 Å². The van der Waals surface area contributed by atoms with Crippen LogP contribution in [0.4, 0.5) is 5.69 Å². The maximum absolute atomic E-state index is 12.5. The first-order valence-corrected chi connectivity index (χ1v) is 12.5. The number of pyridine rings is 1. The van der Waals surface area contributed by atoms with Crippen LogP contribution in [0.1, 0.15) is 58.6 Å². The molecule has 0 aliphatic carbocycles. The Morgan fingerprint density at radius 3 is 2.50 bits per heavy atom. The Labute approximate surface area is 204 Å². The normalized spacial score (nSPS) is 18.0. The van der Waals surface area contributed by atoms with Crippen molar-refractivity contribution in [3.05, 3.63) is 53.7 Å². The minimum atomic E-state index is 0.0249. The van der Waals surface area contributed by atoms with Crippen LogP contribution in [0.5, 0.6) is 0 Å². The summed E-state index contributed by atoms with van der Waals surface area (Å²) in [5, 5.41) is 2.25. The van der Waals surface area contributed by atoms with Crippen LogP contribution in [0, 0.1) is 5.41 Å². The smallest absolute Gasteiger partial charge is 0.223 e. The fourth-order valence-electron chi connectivity index (χ4n) is 4.53. The van der Waals surface area contributed by atoms with E-state index in [1.165, 1.54) is 16.8 Å². The summed E-state index contributed by atoms with van der Waals surface area (Å²) < 4.78 is 5.37. The number of anilines is 1. The number of aromatic nitrogens is 1. The molecule has 6 nitrogen and oxygen atoms in total. The van der Waals surface area contributed by atoms with Crippen molar-refractivity contribution >= 4 is 17.2 Å². The zero-order chi connectivity index (χ0) is 24.3. The molecule has 1 saturated heterocycles. The van der Waals surface area contributed by atoms with Gasteiger partial charge in [0.2, 0.25) is 5.91 Å². The van der Waals surface area contributed by atoms with Crippen LogP contribution >= 0.6 is 0 Å². The minimum Gasteiger partial charge on any atom is -0.377 e. The Hall–Kier alpha value is -2.70. The molecule has 0 radical (unpaired) electrons. The molecule has 0 bridgehead atoms. The standard InChI is InChI=1S/C26H32N4O2.C2H6/c1-26(2,3)13-25(31)29-10-8-18(9-11-29)20-6-7-23(27-14-20)19-4-5-21-15-28-30(24(21)12-19)22-16-32-17-22;1-2/h4-8,12,14,22,28H,9-11,13,15-17H2,1-3H3;1-2H3. The second-order valence-corrected chi connectivity index (χ2v) is 10.2.